The van der Waals surface area contributed by atoms with Gasteiger partial charge < -0.3 is 10.6 Å². The molecular formula is C11H17N3O3. The molecule has 1 saturated heterocycles. The standard InChI is InChI=1S/C11H17N3O3/c1-11(4-2-3-7(11)12)10(17)14-5-8(15)13-9(16)6-14/h7H,2-6,12H2,1H3,(H,13,15,16). The first-order valence-corrected chi connectivity index (χ1v) is 5.81. The number of carbonyl (C=O) groups is 3. The lowest BCUT2D eigenvalue weighted by molar-refractivity contribution is -0.151. The van der Waals surface area contributed by atoms with Crippen molar-refractivity contribution in [1.82, 2.24) is 10.2 Å². The zero-order valence-corrected chi connectivity index (χ0v) is 9.86. The predicted molar refractivity (Wildman–Crippen MR) is 59.7 cm³/mol. The van der Waals surface area contributed by atoms with Crippen LogP contribution >= 0.6 is 0 Å². The highest BCUT2D eigenvalue weighted by molar-refractivity contribution is 6.03. The maximum atomic E-state index is 12.3. The Bertz CT molecular complexity index is 366. The largest absolute Gasteiger partial charge is 0.327 e. The molecule has 2 atom stereocenters. The van der Waals surface area contributed by atoms with Crippen LogP contribution in [0.2, 0.25) is 0 Å². The molecule has 1 heterocycles. The molecule has 0 aromatic carbocycles. The third-order valence-electron chi connectivity index (χ3n) is 3.75. The summed E-state index contributed by atoms with van der Waals surface area (Å²) in [6, 6.07) is -0.185. The van der Waals surface area contributed by atoms with E-state index in [1.54, 1.807) is 0 Å². The van der Waals surface area contributed by atoms with Gasteiger partial charge in [0, 0.05) is 6.04 Å². The first kappa shape index (κ1) is 12.0. The minimum absolute atomic E-state index is 0.0487. The average Bonchev–Trinajstić information content (AvgIpc) is 2.58. The molecule has 2 aliphatic rings. The SMILES string of the molecule is CC1(C(=O)N2CC(=O)NC(=O)C2)CCCC1N. The molecule has 0 aromatic heterocycles. The fourth-order valence-corrected chi connectivity index (χ4v) is 2.60. The second-order valence-electron chi connectivity index (χ2n) is 5.05. The molecule has 0 radical (unpaired) electrons. The van der Waals surface area contributed by atoms with E-state index in [1.165, 1.54) is 4.90 Å². The molecular weight excluding hydrogens is 222 g/mol. The molecule has 6 nitrogen and oxygen atoms in total. The van der Waals surface area contributed by atoms with Gasteiger partial charge in [0.1, 0.15) is 13.1 Å². The van der Waals surface area contributed by atoms with Gasteiger partial charge in [0.25, 0.3) is 0 Å². The van der Waals surface area contributed by atoms with Crippen LogP contribution in [0.4, 0.5) is 0 Å². The maximum absolute atomic E-state index is 12.3. The van der Waals surface area contributed by atoms with Crippen LogP contribution in [0, 0.1) is 5.41 Å². The Morgan fingerprint density at radius 1 is 1.41 bits per heavy atom. The second kappa shape index (κ2) is 4.10. The lowest BCUT2D eigenvalue weighted by Gasteiger charge is -2.35. The zero-order valence-electron chi connectivity index (χ0n) is 9.86. The predicted octanol–water partition coefficient (Wildman–Crippen LogP) is -1.01. The van der Waals surface area contributed by atoms with Crippen LogP contribution in [0.1, 0.15) is 26.2 Å². The van der Waals surface area contributed by atoms with E-state index in [0.717, 1.165) is 19.3 Å². The Morgan fingerprint density at radius 2 is 2.00 bits per heavy atom. The molecule has 6 heteroatoms. The average molecular weight is 239 g/mol. The van der Waals surface area contributed by atoms with E-state index in [-0.39, 0.29) is 25.0 Å². The minimum atomic E-state index is -0.627. The van der Waals surface area contributed by atoms with Gasteiger partial charge >= 0.3 is 0 Å². The van der Waals surface area contributed by atoms with Gasteiger partial charge in [-0.1, -0.05) is 6.42 Å². The third kappa shape index (κ3) is 2.04. The van der Waals surface area contributed by atoms with Gasteiger partial charge in [0.05, 0.1) is 5.41 Å². The maximum Gasteiger partial charge on any atom is 0.246 e. The number of nitrogens with two attached hydrogens (primary N) is 1. The van der Waals surface area contributed by atoms with Crippen molar-refractivity contribution in [3.63, 3.8) is 0 Å². The summed E-state index contributed by atoms with van der Waals surface area (Å²) in [7, 11) is 0. The highest BCUT2D eigenvalue weighted by Crippen LogP contribution is 2.38. The Balaban J connectivity index is 2.14. The number of hydrogen-bond donors (Lipinski definition) is 2. The number of rotatable bonds is 1. The van der Waals surface area contributed by atoms with Crippen LogP contribution in [-0.4, -0.2) is 41.8 Å². The van der Waals surface area contributed by atoms with Crippen molar-refractivity contribution in [2.45, 2.75) is 32.2 Å². The summed E-state index contributed by atoms with van der Waals surface area (Å²) in [5.41, 5.74) is 5.33. The van der Waals surface area contributed by atoms with E-state index in [1.807, 2.05) is 6.92 Å². The van der Waals surface area contributed by atoms with E-state index in [4.69, 9.17) is 5.73 Å². The molecule has 1 saturated carbocycles. The van der Waals surface area contributed by atoms with E-state index in [9.17, 15) is 14.4 Å². The van der Waals surface area contributed by atoms with Crippen molar-refractivity contribution in [2.75, 3.05) is 13.1 Å². The van der Waals surface area contributed by atoms with Crippen molar-refractivity contribution in [1.29, 1.82) is 0 Å². The number of amides is 3. The minimum Gasteiger partial charge on any atom is -0.327 e. The molecule has 1 aliphatic heterocycles. The third-order valence-corrected chi connectivity index (χ3v) is 3.75. The fraction of sp³-hybridized carbons (Fsp3) is 0.727. The van der Waals surface area contributed by atoms with E-state index in [0.29, 0.717) is 0 Å². The Morgan fingerprint density at radius 3 is 2.47 bits per heavy atom. The number of nitrogens with zero attached hydrogens (tertiary/aromatic N) is 1. The smallest absolute Gasteiger partial charge is 0.246 e. The number of nitrogens with one attached hydrogen (secondary N) is 1. The van der Waals surface area contributed by atoms with Gasteiger partial charge in [-0.15, -0.1) is 0 Å². The molecule has 17 heavy (non-hydrogen) atoms. The van der Waals surface area contributed by atoms with Crippen LogP contribution in [0.25, 0.3) is 0 Å². The number of imide groups is 1. The van der Waals surface area contributed by atoms with Crippen LogP contribution < -0.4 is 11.1 Å². The highest BCUT2D eigenvalue weighted by atomic mass is 16.2. The summed E-state index contributed by atoms with van der Waals surface area (Å²) in [6.07, 6.45) is 2.45. The van der Waals surface area contributed by atoms with Crippen molar-refractivity contribution in [3.05, 3.63) is 0 Å². The van der Waals surface area contributed by atoms with E-state index in [2.05, 4.69) is 5.32 Å². The topological polar surface area (TPSA) is 92.5 Å². The number of piperazine rings is 1. The Hall–Kier alpha value is -1.43. The molecule has 0 aromatic rings. The van der Waals surface area contributed by atoms with Crippen molar-refractivity contribution in [3.8, 4) is 0 Å². The van der Waals surface area contributed by atoms with Gasteiger partial charge in [0.15, 0.2) is 0 Å². The van der Waals surface area contributed by atoms with Crippen LogP contribution in [0.3, 0.4) is 0 Å². The van der Waals surface area contributed by atoms with Crippen LogP contribution in [-0.2, 0) is 14.4 Å². The molecule has 2 unspecified atom stereocenters. The van der Waals surface area contributed by atoms with Crippen molar-refractivity contribution < 1.29 is 14.4 Å². The van der Waals surface area contributed by atoms with Gasteiger partial charge in [-0.25, -0.2) is 0 Å². The summed E-state index contributed by atoms with van der Waals surface area (Å²) in [4.78, 5) is 36.1. The Kier molecular flexibility index (Phi) is 2.91. The first-order valence-electron chi connectivity index (χ1n) is 5.81. The van der Waals surface area contributed by atoms with E-state index < -0.39 is 17.2 Å². The molecule has 1 aliphatic carbocycles. The van der Waals surface area contributed by atoms with Crippen molar-refractivity contribution in [2.24, 2.45) is 11.1 Å². The number of carbonyl (C=O) groups excluding carboxylic acids is 3. The fourth-order valence-electron chi connectivity index (χ4n) is 2.60. The summed E-state index contributed by atoms with van der Waals surface area (Å²) in [5.74, 6) is -1.03. The van der Waals surface area contributed by atoms with E-state index >= 15 is 0 Å². The molecule has 0 spiro atoms. The molecule has 3 amide bonds. The van der Waals surface area contributed by atoms with Crippen LogP contribution in [0.15, 0.2) is 0 Å². The van der Waals surface area contributed by atoms with Gasteiger partial charge in [-0.05, 0) is 19.8 Å². The highest BCUT2D eigenvalue weighted by Gasteiger charge is 2.46. The quantitative estimate of drug-likeness (QED) is 0.573. The second-order valence-corrected chi connectivity index (χ2v) is 5.05. The van der Waals surface area contributed by atoms with Crippen LogP contribution in [0.5, 0.6) is 0 Å². The summed E-state index contributed by atoms with van der Waals surface area (Å²) in [6.45, 7) is 1.73. The molecule has 2 fully saturated rings. The van der Waals surface area contributed by atoms with Gasteiger partial charge in [0.2, 0.25) is 17.7 Å². The normalized spacial score (nSPS) is 33.8. The first-order chi connectivity index (χ1) is 7.93. The summed E-state index contributed by atoms with van der Waals surface area (Å²) < 4.78 is 0. The summed E-state index contributed by atoms with van der Waals surface area (Å²) >= 11 is 0. The molecule has 0 bridgehead atoms. The lowest BCUT2D eigenvalue weighted by Crippen LogP contribution is -2.58. The molecule has 3 N–H and O–H groups in total. The van der Waals surface area contributed by atoms with Crippen molar-refractivity contribution >= 4 is 17.7 Å². The number of hydrogen-bond acceptors (Lipinski definition) is 4. The lowest BCUT2D eigenvalue weighted by atomic mass is 9.83. The Labute approximate surface area is 99.5 Å². The van der Waals surface area contributed by atoms with Gasteiger partial charge in [-0.2, -0.15) is 0 Å². The zero-order chi connectivity index (χ0) is 12.6. The summed E-state index contributed by atoms with van der Waals surface area (Å²) in [5, 5.41) is 2.18. The molecule has 94 valence electrons. The monoisotopic (exact) mass is 239 g/mol. The van der Waals surface area contributed by atoms with Gasteiger partial charge in [-0.3, -0.25) is 19.7 Å². The molecule has 2 rings (SSSR count).